The first-order chi connectivity index (χ1) is 3.39. The van der Waals surface area contributed by atoms with Crippen LogP contribution in [0.3, 0.4) is 0 Å². The molecule has 0 saturated carbocycles. The van der Waals surface area contributed by atoms with E-state index in [4.69, 9.17) is 4.74 Å². The highest BCUT2D eigenvalue weighted by molar-refractivity contribution is 5.73. The van der Waals surface area contributed by atoms with Crippen molar-refractivity contribution in [1.82, 2.24) is 10.6 Å². The fraction of sp³-hybridized carbons (Fsp3) is 0.667. The second kappa shape index (κ2) is 1.79. The van der Waals surface area contributed by atoms with Crippen molar-refractivity contribution in [2.45, 2.75) is 0 Å². The molecular formula is C3H6N2O2. The second-order valence-corrected chi connectivity index (χ2v) is 1.18. The van der Waals surface area contributed by atoms with Gasteiger partial charge in [0.1, 0.15) is 13.5 Å². The fourth-order valence-corrected chi connectivity index (χ4v) is 0.347. The standard InChI is InChI=1S/C3H6N2O2/c6-3-4-1-7-2-5-3/h1-2H2,(H2,4,5,6). The molecule has 1 heterocycles. The lowest BCUT2D eigenvalue weighted by Gasteiger charge is -2.12. The summed E-state index contributed by atoms with van der Waals surface area (Å²) >= 11 is 0. The molecule has 40 valence electrons. The fourth-order valence-electron chi connectivity index (χ4n) is 0.347. The minimum absolute atomic E-state index is 0.161. The summed E-state index contributed by atoms with van der Waals surface area (Å²) in [7, 11) is 0. The Kier molecular flexibility index (Phi) is 1.12. The minimum atomic E-state index is -0.161. The Hall–Kier alpha value is -0.770. The summed E-state index contributed by atoms with van der Waals surface area (Å²) in [6.07, 6.45) is 0. The van der Waals surface area contributed by atoms with Crippen LogP contribution in [0.15, 0.2) is 0 Å². The van der Waals surface area contributed by atoms with E-state index in [-0.39, 0.29) is 6.03 Å². The Bertz CT molecular complexity index is 75.0. The lowest BCUT2D eigenvalue weighted by atomic mass is 10.8. The Labute approximate surface area is 40.8 Å². The lowest BCUT2D eigenvalue weighted by Crippen LogP contribution is -2.44. The van der Waals surface area contributed by atoms with E-state index in [1.54, 1.807) is 0 Å². The summed E-state index contributed by atoms with van der Waals surface area (Å²) in [6.45, 7) is 0.650. The van der Waals surface area contributed by atoms with Gasteiger partial charge in [-0.3, -0.25) is 0 Å². The first kappa shape index (κ1) is 4.39. The highest BCUT2D eigenvalue weighted by atomic mass is 16.5. The Morgan fingerprint density at radius 2 is 2.00 bits per heavy atom. The van der Waals surface area contributed by atoms with Crippen LogP contribution in [-0.2, 0) is 4.74 Å². The molecule has 7 heavy (non-hydrogen) atoms. The Balaban J connectivity index is 2.25. The van der Waals surface area contributed by atoms with E-state index >= 15 is 0 Å². The number of carbonyl (C=O) groups is 1. The molecule has 0 aromatic heterocycles. The molecule has 1 saturated heterocycles. The van der Waals surface area contributed by atoms with E-state index in [0.717, 1.165) is 0 Å². The van der Waals surface area contributed by atoms with Gasteiger partial charge in [-0.2, -0.15) is 0 Å². The molecule has 1 rings (SSSR count). The van der Waals surface area contributed by atoms with Crippen molar-refractivity contribution in [3.63, 3.8) is 0 Å². The molecule has 0 unspecified atom stereocenters. The molecule has 0 radical (unpaired) electrons. The molecule has 1 aliphatic heterocycles. The van der Waals surface area contributed by atoms with Crippen LogP contribution < -0.4 is 10.6 Å². The van der Waals surface area contributed by atoms with Gasteiger partial charge < -0.3 is 15.4 Å². The predicted octanol–water partition coefficient (Wildman–Crippen LogP) is -0.769. The first-order valence-electron chi connectivity index (χ1n) is 1.99. The summed E-state index contributed by atoms with van der Waals surface area (Å²) in [6, 6.07) is -0.161. The smallest absolute Gasteiger partial charge is 0.318 e. The highest BCUT2D eigenvalue weighted by Crippen LogP contribution is 1.74. The molecule has 0 aromatic rings. The Morgan fingerprint density at radius 3 is 2.29 bits per heavy atom. The number of urea groups is 1. The summed E-state index contributed by atoms with van der Waals surface area (Å²) in [5.41, 5.74) is 0. The van der Waals surface area contributed by atoms with Crippen LogP contribution in [0.1, 0.15) is 0 Å². The van der Waals surface area contributed by atoms with Crippen LogP contribution in [0.5, 0.6) is 0 Å². The second-order valence-electron chi connectivity index (χ2n) is 1.18. The zero-order valence-electron chi connectivity index (χ0n) is 3.73. The number of ether oxygens (including phenoxy) is 1. The highest BCUT2D eigenvalue weighted by Gasteiger charge is 2.01. The van der Waals surface area contributed by atoms with Crippen molar-refractivity contribution >= 4 is 6.03 Å². The zero-order valence-corrected chi connectivity index (χ0v) is 3.73. The molecule has 0 aromatic carbocycles. The summed E-state index contributed by atoms with van der Waals surface area (Å²) < 4.78 is 4.70. The minimum Gasteiger partial charge on any atom is -0.341 e. The molecule has 4 nitrogen and oxygen atoms in total. The van der Waals surface area contributed by atoms with E-state index in [1.807, 2.05) is 0 Å². The van der Waals surface area contributed by atoms with Crippen molar-refractivity contribution in [3.05, 3.63) is 0 Å². The summed E-state index contributed by atoms with van der Waals surface area (Å²) in [5.74, 6) is 0. The molecule has 0 bridgehead atoms. The maximum atomic E-state index is 10.2. The monoisotopic (exact) mass is 102 g/mol. The average Bonchev–Trinajstić information content (AvgIpc) is 1.69. The van der Waals surface area contributed by atoms with Crippen molar-refractivity contribution in [3.8, 4) is 0 Å². The van der Waals surface area contributed by atoms with Gasteiger partial charge in [-0.05, 0) is 0 Å². The maximum Gasteiger partial charge on any atom is 0.318 e. The molecular weight excluding hydrogens is 96.0 g/mol. The van der Waals surface area contributed by atoms with Crippen molar-refractivity contribution in [2.24, 2.45) is 0 Å². The molecule has 0 atom stereocenters. The van der Waals surface area contributed by atoms with Crippen LogP contribution in [0.4, 0.5) is 4.79 Å². The normalized spacial score (nSPS) is 20.3. The van der Waals surface area contributed by atoms with Crippen LogP contribution >= 0.6 is 0 Å². The number of amides is 2. The van der Waals surface area contributed by atoms with Gasteiger partial charge in [0, 0.05) is 0 Å². The average molecular weight is 102 g/mol. The van der Waals surface area contributed by atoms with Gasteiger partial charge in [0.25, 0.3) is 0 Å². The molecule has 4 heteroatoms. The molecule has 0 spiro atoms. The van der Waals surface area contributed by atoms with Gasteiger partial charge >= 0.3 is 6.03 Å². The largest absolute Gasteiger partial charge is 0.341 e. The lowest BCUT2D eigenvalue weighted by molar-refractivity contribution is 0.0838. The number of hydrogen-bond acceptors (Lipinski definition) is 2. The number of hydrogen-bond donors (Lipinski definition) is 2. The van der Waals surface area contributed by atoms with Crippen LogP contribution in [-0.4, -0.2) is 19.5 Å². The van der Waals surface area contributed by atoms with E-state index in [0.29, 0.717) is 13.5 Å². The van der Waals surface area contributed by atoms with Crippen LogP contribution in [0, 0.1) is 0 Å². The molecule has 1 fully saturated rings. The summed E-state index contributed by atoms with van der Waals surface area (Å²) in [5, 5.41) is 4.82. The number of carbonyl (C=O) groups excluding carboxylic acids is 1. The Morgan fingerprint density at radius 1 is 1.43 bits per heavy atom. The molecule has 2 amide bonds. The predicted molar refractivity (Wildman–Crippen MR) is 22.5 cm³/mol. The third-order valence-electron chi connectivity index (χ3n) is 0.670. The molecule has 2 N–H and O–H groups in total. The first-order valence-corrected chi connectivity index (χ1v) is 1.99. The number of rotatable bonds is 0. The van der Waals surface area contributed by atoms with E-state index in [2.05, 4.69) is 10.6 Å². The van der Waals surface area contributed by atoms with E-state index < -0.39 is 0 Å². The third kappa shape index (κ3) is 1.04. The summed E-state index contributed by atoms with van der Waals surface area (Å²) in [4.78, 5) is 10.2. The van der Waals surface area contributed by atoms with Gasteiger partial charge in [0.05, 0.1) is 0 Å². The van der Waals surface area contributed by atoms with Crippen LogP contribution in [0.2, 0.25) is 0 Å². The zero-order chi connectivity index (χ0) is 5.11. The SMILES string of the molecule is O=C1NCOCN1. The molecule has 0 aliphatic carbocycles. The van der Waals surface area contributed by atoms with Gasteiger partial charge in [-0.25, -0.2) is 4.79 Å². The van der Waals surface area contributed by atoms with Crippen LogP contribution in [0.25, 0.3) is 0 Å². The van der Waals surface area contributed by atoms with Gasteiger partial charge in [0.2, 0.25) is 0 Å². The van der Waals surface area contributed by atoms with Gasteiger partial charge in [-0.15, -0.1) is 0 Å². The van der Waals surface area contributed by atoms with Crippen molar-refractivity contribution in [1.29, 1.82) is 0 Å². The maximum absolute atomic E-state index is 10.2. The van der Waals surface area contributed by atoms with Gasteiger partial charge in [0.15, 0.2) is 0 Å². The third-order valence-corrected chi connectivity index (χ3v) is 0.670. The quantitative estimate of drug-likeness (QED) is 0.422. The molecule has 1 aliphatic rings. The van der Waals surface area contributed by atoms with E-state index in [1.165, 1.54) is 0 Å². The van der Waals surface area contributed by atoms with Gasteiger partial charge in [-0.1, -0.05) is 0 Å². The number of nitrogens with one attached hydrogen (secondary N) is 2. The topological polar surface area (TPSA) is 50.4 Å². The van der Waals surface area contributed by atoms with Crippen molar-refractivity contribution in [2.75, 3.05) is 13.5 Å². The van der Waals surface area contributed by atoms with E-state index in [9.17, 15) is 4.79 Å². The van der Waals surface area contributed by atoms with Crippen molar-refractivity contribution < 1.29 is 9.53 Å².